The first kappa shape index (κ1) is 6.30. The predicted octanol–water partition coefficient (Wildman–Crippen LogP) is 1.65. The molecule has 0 saturated heterocycles. The average Bonchev–Trinajstić information content (AvgIpc) is 1.77. The molecule has 8 heavy (non-hydrogen) atoms. The van der Waals surface area contributed by atoms with Gasteiger partial charge in [-0.1, -0.05) is 21.5 Å². The van der Waals surface area contributed by atoms with Gasteiger partial charge in [0.1, 0.15) is 0 Å². The van der Waals surface area contributed by atoms with Crippen LogP contribution in [-0.2, 0) is 0 Å². The van der Waals surface area contributed by atoms with E-state index >= 15 is 0 Å². The van der Waals surface area contributed by atoms with Crippen molar-refractivity contribution in [2.24, 2.45) is 0 Å². The first-order chi connectivity index (χ1) is 3.80. The second-order valence-electron chi connectivity index (χ2n) is 2.11. The molecular weight excluding hydrogens is 166 g/mol. The lowest BCUT2D eigenvalue weighted by atomic mass is 10.1. The van der Waals surface area contributed by atoms with E-state index in [9.17, 15) is 0 Å². The van der Waals surface area contributed by atoms with E-state index in [0.717, 1.165) is 13.1 Å². The third-order valence-corrected chi connectivity index (χ3v) is 2.38. The molecule has 0 atom stereocenters. The Kier molecular flexibility index (Phi) is 2.08. The Morgan fingerprint density at radius 3 is 2.75 bits per heavy atom. The van der Waals surface area contributed by atoms with Crippen molar-refractivity contribution in [3.63, 3.8) is 0 Å². The number of nitrogens with one attached hydrogen (secondary N) is 1. The van der Waals surface area contributed by atoms with E-state index in [4.69, 9.17) is 0 Å². The first-order valence-corrected chi connectivity index (χ1v) is 3.65. The van der Waals surface area contributed by atoms with Gasteiger partial charge < -0.3 is 5.32 Å². The van der Waals surface area contributed by atoms with E-state index < -0.39 is 0 Å². The molecule has 0 unspecified atom stereocenters. The second-order valence-corrected chi connectivity index (χ2v) is 3.07. The molecule has 1 nitrogen and oxygen atoms in total. The van der Waals surface area contributed by atoms with Gasteiger partial charge >= 0.3 is 0 Å². The lowest BCUT2D eigenvalue weighted by molar-refractivity contribution is 0.699. The highest BCUT2D eigenvalue weighted by atomic mass is 79.9. The quantitative estimate of drug-likeness (QED) is 0.591. The molecule has 0 aliphatic carbocycles. The highest BCUT2D eigenvalue weighted by Gasteiger charge is 2.03. The summed E-state index contributed by atoms with van der Waals surface area (Å²) in [6.45, 7) is 4.33. The fourth-order valence-electron chi connectivity index (χ4n) is 0.761. The molecule has 0 spiro atoms. The SMILES string of the molecule is CC1=C(Br)CNCC1. The van der Waals surface area contributed by atoms with Gasteiger partial charge in [0.25, 0.3) is 0 Å². The van der Waals surface area contributed by atoms with Crippen molar-refractivity contribution in [3.8, 4) is 0 Å². The van der Waals surface area contributed by atoms with E-state index in [-0.39, 0.29) is 0 Å². The molecule has 1 N–H and O–H groups in total. The zero-order valence-electron chi connectivity index (χ0n) is 5.00. The molecular formula is C6H10BrN. The monoisotopic (exact) mass is 175 g/mol. The summed E-state index contributed by atoms with van der Waals surface area (Å²) in [4.78, 5) is 0. The maximum atomic E-state index is 3.47. The lowest BCUT2D eigenvalue weighted by Crippen LogP contribution is -2.22. The molecule has 0 saturated carbocycles. The minimum Gasteiger partial charge on any atom is -0.312 e. The summed E-state index contributed by atoms with van der Waals surface area (Å²) in [6, 6.07) is 0. The summed E-state index contributed by atoms with van der Waals surface area (Å²) < 4.78 is 1.34. The smallest absolute Gasteiger partial charge is 0.0271 e. The van der Waals surface area contributed by atoms with Crippen molar-refractivity contribution < 1.29 is 0 Å². The van der Waals surface area contributed by atoms with Gasteiger partial charge in [-0.3, -0.25) is 0 Å². The van der Waals surface area contributed by atoms with E-state index in [0.29, 0.717) is 0 Å². The van der Waals surface area contributed by atoms with Gasteiger partial charge in [0.15, 0.2) is 0 Å². The first-order valence-electron chi connectivity index (χ1n) is 2.85. The van der Waals surface area contributed by atoms with Crippen molar-refractivity contribution in [3.05, 3.63) is 10.1 Å². The summed E-state index contributed by atoms with van der Waals surface area (Å²) in [7, 11) is 0. The van der Waals surface area contributed by atoms with Crippen LogP contribution in [0.25, 0.3) is 0 Å². The van der Waals surface area contributed by atoms with Crippen LogP contribution in [0.4, 0.5) is 0 Å². The molecule has 0 radical (unpaired) electrons. The Morgan fingerprint density at radius 2 is 2.38 bits per heavy atom. The van der Waals surface area contributed by atoms with Crippen LogP contribution in [-0.4, -0.2) is 13.1 Å². The fourth-order valence-corrected chi connectivity index (χ4v) is 1.16. The second kappa shape index (κ2) is 2.65. The van der Waals surface area contributed by atoms with Crippen LogP contribution in [0.2, 0.25) is 0 Å². The zero-order valence-corrected chi connectivity index (χ0v) is 6.59. The van der Waals surface area contributed by atoms with Crippen molar-refractivity contribution in [2.45, 2.75) is 13.3 Å². The van der Waals surface area contributed by atoms with E-state index in [2.05, 4.69) is 28.2 Å². The summed E-state index contributed by atoms with van der Waals surface area (Å²) in [5, 5.41) is 3.26. The lowest BCUT2D eigenvalue weighted by Gasteiger charge is -2.13. The average molecular weight is 176 g/mol. The number of hydrogen-bond donors (Lipinski definition) is 1. The largest absolute Gasteiger partial charge is 0.312 e. The summed E-state index contributed by atoms with van der Waals surface area (Å²) >= 11 is 3.47. The summed E-state index contributed by atoms with van der Waals surface area (Å²) in [6.07, 6.45) is 1.20. The number of halogens is 1. The predicted molar refractivity (Wildman–Crippen MR) is 39.1 cm³/mol. The molecule has 0 aromatic rings. The van der Waals surface area contributed by atoms with Crippen LogP contribution in [0, 0.1) is 0 Å². The molecule has 46 valence electrons. The van der Waals surface area contributed by atoms with Gasteiger partial charge in [-0.05, 0) is 19.9 Å². The van der Waals surface area contributed by atoms with Crippen LogP contribution in [0.15, 0.2) is 10.1 Å². The van der Waals surface area contributed by atoms with Crippen LogP contribution >= 0.6 is 15.9 Å². The maximum Gasteiger partial charge on any atom is 0.0271 e. The molecule has 1 rings (SSSR count). The van der Waals surface area contributed by atoms with Gasteiger partial charge in [-0.15, -0.1) is 0 Å². The van der Waals surface area contributed by atoms with Crippen molar-refractivity contribution in [1.82, 2.24) is 5.32 Å². The maximum absolute atomic E-state index is 3.47. The highest BCUT2D eigenvalue weighted by Crippen LogP contribution is 2.16. The molecule has 0 amide bonds. The number of hydrogen-bond acceptors (Lipinski definition) is 1. The number of rotatable bonds is 0. The zero-order chi connectivity index (χ0) is 5.98. The Bertz CT molecular complexity index is 104. The minimum atomic E-state index is 1.02. The van der Waals surface area contributed by atoms with Crippen molar-refractivity contribution >= 4 is 15.9 Å². The van der Waals surface area contributed by atoms with Crippen LogP contribution in [0.3, 0.4) is 0 Å². The molecule has 2 heteroatoms. The van der Waals surface area contributed by atoms with E-state index in [1.807, 2.05) is 0 Å². The van der Waals surface area contributed by atoms with Crippen molar-refractivity contribution in [2.75, 3.05) is 13.1 Å². The molecule has 1 aliphatic heterocycles. The molecule has 0 aromatic heterocycles. The molecule has 1 aliphatic rings. The summed E-state index contributed by atoms with van der Waals surface area (Å²) in [5.74, 6) is 0. The third-order valence-electron chi connectivity index (χ3n) is 1.42. The molecule has 0 bridgehead atoms. The topological polar surface area (TPSA) is 12.0 Å². The fraction of sp³-hybridized carbons (Fsp3) is 0.667. The Morgan fingerprint density at radius 1 is 1.62 bits per heavy atom. The molecule has 0 aromatic carbocycles. The Hall–Kier alpha value is 0.180. The normalized spacial score (nSPS) is 21.8. The van der Waals surface area contributed by atoms with Gasteiger partial charge in [-0.2, -0.15) is 0 Å². The summed E-state index contributed by atoms with van der Waals surface area (Å²) in [5.41, 5.74) is 1.49. The van der Waals surface area contributed by atoms with E-state index in [1.165, 1.54) is 16.5 Å². The Balaban J connectivity index is 2.60. The minimum absolute atomic E-state index is 1.02. The van der Waals surface area contributed by atoms with Gasteiger partial charge in [0.05, 0.1) is 0 Å². The van der Waals surface area contributed by atoms with E-state index in [1.54, 1.807) is 0 Å². The van der Waals surface area contributed by atoms with Gasteiger partial charge in [-0.25, -0.2) is 0 Å². The van der Waals surface area contributed by atoms with Crippen LogP contribution in [0.5, 0.6) is 0 Å². The Labute approximate surface area is 58.3 Å². The van der Waals surface area contributed by atoms with Gasteiger partial charge in [0, 0.05) is 11.0 Å². The van der Waals surface area contributed by atoms with Crippen molar-refractivity contribution in [1.29, 1.82) is 0 Å². The highest BCUT2D eigenvalue weighted by molar-refractivity contribution is 9.11. The molecule has 1 heterocycles. The van der Waals surface area contributed by atoms with Crippen LogP contribution in [0.1, 0.15) is 13.3 Å². The molecule has 0 fully saturated rings. The third kappa shape index (κ3) is 1.33. The van der Waals surface area contributed by atoms with Gasteiger partial charge in [0.2, 0.25) is 0 Å². The standard InChI is InChI=1S/C6H10BrN/c1-5-2-3-8-4-6(5)7/h8H,2-4H2,1H3. The van der Waals surface area contributed by atoms with Crippen LogP contribution < -0.4 is 5.32 Å².